The van der Waals surface area contributed by atoms with Crippen molar-refractivity contribution in [2.45, 2.75) is 348 Å². The van der Waals surface area contributed by atoms with Crippen molar-refractivity contribution in [2.75, 3.05) is 13.2 Å². The summed E-state index contributed by atoms with van der Waals surface area (Å²) < 4.78 is 16.9. The molecule has 0 amide bonds. The van der Waals surface area contributed by atoms with E-state index in [0.29, 0.717) is 19.3 Å². The van der Waals surface area contributed by atoms with Gasteiger partial charge in [0, 0.05) is 19.3 Å². The van der Waals surface area contributed by atoms with Crippen LogP contribution in [0.2, 0.25) is 0 Å². The molecule has 0 aliphatic heterocycles. The molecule has 0 saturated carbocycles. The molecule has 0 unspecified atom stereocenters. The van der Waals surface area contributed by atoms with Crippen LogP contribution in [0.25, 0.3) is 0 Å². The Hall–Kier alpha value is -1.59. The van der Waals surface area contributed by atoms with Crippen molar-refractivity contribution in [2.24, 2.45) is 5.92 Å². The first-order chi connectivity index (χ1) is 32.4. The third-order valence-electron chi connectivity index (χ3n) is 13.8. The lowest BCUT2D eigenvalue weighted by Gasteiger charge is -2.18. The van der Waals surface area contributed by atoms with Crippen LogP contribution >= 0.6 is 0 Å². The van der Waals surface area contributed by atoms with E-state index < -0.39 is 6.10 Å². The summed E-state index contributed by atoms with van der Waals surface area (Å²) in [5.74, 6) is 0.00655. The number of ether oxygens (including phenoxy) is 3. The van der Waals surface area contributed by atoms with Gasteiger partial charge in [0.25, 0.3) is 0 Å². The van der Waals surface area contributed by atoms with Gasteiger partial charge in [-0.15, -0.1) is 0 Å². The standard InChI is InChI=1S/C60H116O6/c1-5-7-9-11-13-15-17-19-20-21-22-23-24-28-33-37-41-45-49-53-60(63)66-57(54-64-58(61)51-47-43-39-35-31-26-18-16-14-12-10-8-6-2)55-65-59(62)52-48-44-40-36-32-29-25-27-30-34-38-42-46-50-56(3)4/h56-57H,5-55H2,1-4H3/t57-/m1/s1. The fourth-order valence-corrected chi connectivity index (χ4v) is 9.28. The van der Waals surface area contributed by atoms with Crippen molar-refractivity contribution in [3.63, 3.8) is 0 Å². The van der Waals surface area contributed by atoms with Crippen molar-refractivity contribution in [1.82, 2.24) is 0 Å². The lowest BCUT2D eigenvalue weighted by Crippen LogP contribution is -2.30. The molecule has 0 radical (unpaired) electrons. The third kappa shape index (κ3) is 53.4. The number of hydrogen-bond donors (Lipinski definition) is 0. The highest BCUT2D eigenvalue weighted by atomic mass is 16.6. The number of hydrogen-bond acceptors (Lipinski definition) is 6. The zero-order chi connectivity index (χ0) is 48.1. The summed E-state index contributed by atoms with van der Waals surface area (Å²) in [5.41, 5.74) is 0. The summed E-state index contributed by atoms with van der Waals surface area (Å²) in [4.78, 5) is 38.2. The summed E-state index contributed by atoms with van der Waals surface area (Å²) in [5, 5.41) is 0. The van der Waals surface area contributed by atoms with Crippen molar-refractivity contribution in [3.05, 3.63) is 0 Å². The summed E-state index contributed by atoms with van der Waals surface area (Å²) in [6.45, 7) is 9.07. The summed E-state index contributed by atoms with van der Waals surface area (Å²) in [6.07, 6.45) is 59.5. The molecule has 66 heavy (non-hydrogen) atoms. The van der Waals surface area contributed by atoms with E-state index in [2.05, 4.69) is 27.7 Å². The predicted molar refractivity (Wildman–Crippen MR) is 284 cm³/mol. The van der Waals surface area contributed by atoms with Gasteiger partial charge in [0.15, 0.2) is 6.10 Å². The number of unbranched alkanes of at least 4 members (excludes halogenated alkanes) is 42. The molecule has 0 aromatic rings. The van der Waals surface area contributed by atoms with Gasteiger partial charge in [0.05, 0.1) is 0 Å². The molecule has 0 aromatic heterocycles. The Kier molecular flexibility index (Phi) is 53.0. The molecule has 0 saturated heterocycles. The van der Waals surface area contributed by atoms with Crippen LogP contribution in [0.3, 0.4) is 0 Å². The van der Waals surface area contributed by atoms with Gasteiger partial charge in [-0.1, -0.05) is 304 Å². The van der Waals surface area contributed by atoms with Crippen LogP contribution in [-0.4, -0.2) is 37.2 Å². The summed E-state index contributed by atoms with van der Waals surface area (Å²) >= 11 is 0. The minimum Gasteiger partial charge on any atom is -0.462 e. The van der Waals surface area contributed by atoms with Gasteiger partial charge in [-0.25, -0.2) is 0 Å². The smallest absolute Gasteiger partial charge is 0.306 e. The molecule has 0 aliphatic carbocycles. The molecule has 0 rings (SSSR count). The molecule has 6 nitrogen and oxygen atoms in total. The second kappa shape index (κ2) is 54.4. The van der Waals surface area contributed by atoms with E-state index >= 15 is 0 Å². The summed E-state index contributed by atoms with van der Waals surface area (Å²) in [6, 6.07) is 0. The Morgan fingerprint density at radius 1 is 0.288 bits per heavy atom. The van der Waals surface area contributed by atoms with Crippen molar-refractivity contribution >= 4 is 17.9 Å². The van der Waals surface area contributed by atoms with Crippen LogP contribution in [-0.2, 0) is 28.6 Å². The minimum atomic E-state index is -0.762. The Morgan fingerprint density at radius 3 is 0.742 bits per heavy atom. The molecular weight excluding hydrogens is 817 g/mol. The van der Waals surface area contributed by atoms with E-state index in [1.54, 1.807) is 0 Å². The second-order valence-corrected chi connectivity index (χ2v) is 21.1. The Bertz CT molecular complexity index is 996. The van der Waals surface area contributed by atoms with Crippen molar-refractivity contribution in [3.8, 4) is 0 Å². The highest BCUT2D eigenvalue weighted by Crippen LogP contribution is 2.18. The van der Waals surface area contributed by atoms with E-state index in [1.165, 1.54) is 238 Å². The molecule has 0 aliphatic rings. The molecular formula is C60H116O6. The van der Waals surface area contributed by atoms with Gasteiger partial charge >= 0.3 is 17.9 Å². The molecule has 0 aromatic carbocycles. The SMILES string of the molecule is CCCCCCCCCCCCCCCCCCCCCC(=O)O[C@H](COC(=O)CCCCCCCCCCCCCCC)COC(=O)CCCCCCCCCCCCCCCC(C)C. The fraction of sp³-hybridized carbons (Fsp3) is 0.950. The molecule has 0 fully saturated rings. The van der Waals surface area contributed by atoms with Gasteiger partial charge in [-0.2, -0.15) is 0 Å². The normalized spacial score (nSPS) is 12.0. The van der Waals surface area contributed by atoms with Gasteiger partial charge in [0.1, 0.15) is 13.2 Å². The first-order valence-corrected chi connectivity index (χ1v) is 29.9. The number of esters is 3. The van der Waals surface area contributed by atoms with Gasteiger partial charge in [-0.05, 0) is 25.2 Å². The maximum absolute atomic E-state index is 12.9. The number of carbonyl (C=O) groups is 3. The molecule has 0 heterocycles. The monoisotopic (exact) mass is 933 g/mol. The maximum Gasteiger partial charge on any atom is 0.306 e. The van der Waals surface area contributed by atoms with E-state index in [1.807, 2.05) is 0 Å². The van der Waals surface area contributed by atoms with E-state index in [0.717, 1.165) is 63.7 Å². The lowest BCUT2D eigenvalue weighted by atomic mass is 10.0. The molecule has 0 N–H and O–H groups in total. The average Bonchev–Trinajstić information content (AvgIpc) is 3.30. The number of rotatable bonds is 55. The van der Waals surface area contributed by atoms with Gasteiger partial charge in [0.2, 0.25) is 0 Å². The van der Waals surface area contributed by atoms with Crippen LogP contribution in [0, 0.1) is 5.92 Å². The zero-order valence-corrected chi connectivity index (χ0v) is 45.2. The Morgan fingerprint density at radius 2 is 0.500 bits per heavy atom. The van der Waals surface area contributed by atoms with Gasteiger partial charge < -0.3 is 14.2 Å². The first-order valence-electron chi connectivity index (χ1n) is 29.9. The highest BCUT2D eigenvalue weighted by molar-refractivity contribution is 5.71. The Balaban J connectivity index is 4.28. The highest BCUT2D eigenvalue weighted by Gasteiger charge is 2.19. The average molecular weight is 934 g/mol. The van der Waals surface area contributed by atoms with E-state index in [9.17, 15) is 14.4 Å². The molecule has 1 atom stereocenters. The van der Waals surface area contributed by atoms with Crippen molar-refractivity contribution < 1.29 is 28.6 Å². The number of carbonyl (C=O) groups excluding carboxylic acids is 3. The first kappa shape index (κ1) is 64.4. The van der Waals surface area contributed by atoms with Crippen LogP contribution in [0.5, 0.6) is 0 Å². The third-order valence-corrected chi connectivity index (χ3v) is 13.8. The van der Waals surface area contributed by atoms with Crippen LogP contribution in [0.4, 0.5) is 0 Å². The molecule has 6 heteroatoms. The molecule has 0 spiro atoms. The van der Waals surface area contributed by atoms with Crippen LogP contribution in [0.15, 0.2) is 0 Å². The van der Waals surface area contributed by atoms with E-state index in [-0.39, 0.29) is 31.1 Å². The predicted octanol–water partition coefficient (Wildman–Crippen LogP) is 19.8. The topological polar surface area (TPSA) is 78.9 Å². The fourth-order valence-electron chi connectivity index (χ4n) is 9.28. The van der Waals surface area contributed by atoms with Gasteiger partial charge in [-0.3, -0.25) is 14.4 Å². The lowest BCUT2D eigenvalue weighted by molar-refractivity contribution is -0.167. The minimum absolute atomic E-state index is 0.0617. The zero-order valence-electron chi connectivity index (χ0n) is 45.2. The molecule has 392 valence electrons. The Labute approximate surface area is 412 Å². The largest absolute Gasteiger partial charge is 0.462 e. The quantitative estimate of drug-likeness (QED) is 0.0343. The second-order valence-electron chi connectivity index (χ2n) is 21.1. The summed E-state index contributed by atoms with van der Waals surface area (Å²) in [7, 11) is 0. The van der Waals surface area contributed by atoms with E-state index in [4.69, 9.17) is 14.2 Å². The molecule has 0 bridgehead atoms. The van der Waals surface area contributed by atoms with Crippen molar-refractivity contribution in [1.29, 1.82) is 0 Å². The van der Waals surface area contributed by atoms with Crippen LogP contribution in [0.1, 0.15) is 342 Å². The van der Waals surface area contributed by atoms with Crippen LogP contribution < -0.4 is 0 Å². The maximum atomic E-state index is 12.9.